The first-order chi connectivity index (χ1) is 5.97. The molecule has 1 aromatic rings. The van der Waals surface area contributed by atoms with Crippen molar-refractivity contribution in [3.05, 3.63) is 35.6 Å². The third-order valence-corrected chi connectivity index (χ3v) is 1.70. The van der Waals surface area contributed by atoms with E-state index in [1.807, 2.05) is 0 Å². The van der Waals surface area contributed by atoms with Gasteiger partial charge in [-0.1, -0.05) is 12.1 Å². The number of benzene rings is 1. The van der Waals surface area contributed by atoms with Crippen molar-refractivity contribution in [2.24, 2.45) is 0 Å². The van der Waals surface area contributed by atoms with Crippen LogP contribution in [-0.4, -0.2) is 13.0 Å². The molecule has 0 bridgehead atoms. The molecule has 0 aliphatic rings. The predicted octanol–water partition coefficient (Wildman–Crippen LogP) is 1.15. The molecule has 4 nitrogen and oxygen atoms in total. The highest BCUT2D eigenvalue weighted by molar-refractivity contribution is 7.80. The second-order valence-corrected chi connectivity index (χ2v) is 3.41. The van der Waals surface area contributed by atoms with E-state index >= 15 is 0 Å². The molecule has 6 heteroatoms. The summed E-state index contributed by atoms with van der Waals surface area (Å²) in [6.07, 6.45) is 0. The molecule has 0 aliphatic heterocycles. The Labute approximate surface area is 74.9 Å². The maximum atomic E-state index is 12.4. The highest BCUT2D eigenvalue weighted by Crippen LogP contribution is 2.05. The van der Waals surface area contributed by atoms with Gasteiger partial charge in [0.15, 0.2) is 0 Å². The van der Waals surface area contributed by atoms with Crippen molar-refractivity contribution in [2.45, 2.75) is 6.61 Å². The van der Waals surface area contributed by atoms with Crippen LogP contribution in [0.25, 0.3) is 0 Å². The van der Waals surface area contributed by atoms with Gasteiger partial charge in [-0.3, -0.25) is 4.55 Å². The van der Waals surface area contributed by atoms with Crippen LogP contribution >= 0.6 is 0 Å². The average molecular weight is 206 g/mol. The van der Waals surface area contributed by atoms with Crippen molar-refractivity contribution in [1.29, 1.82) is 0 Å². The fraction of sp³-hybridized carbons (Fsp3) is 0.143. The molecule has 0 amide bonds. The van der Waals surface area contributed by atoms with Crippen LogP contribution in [0.1, 0.15) is 5.56 Å². The molecule has 1 rings (SSSR count). The molecular formula is C7H7FO4S. The van der Waals surface area contributed by atoms with Crippen molar-refractivity contribution in [2.75, 3.05) is 0 Å². The molecule has 0 saturated carbocycles. The monoisotopic (exact) mass is 206 g/mol. The zero-order valence-corrected chi connectivity index (χ0v) is 7.29. The lowest BCUT2D eigenvalue weighted by Gasteiger charge is -1.99. The van der Waals surface area contributed by atoms with Gasteiger partial charge >= 0.3 is 10.4 Å². The Morgan fingerprint density at radius 3 is 2.31 bits per heavy atom. The Hall–Kier alpha value is -0.980. The maximum Gasteiger partial charge on any atom is 0.397 e. The molecule has 1 aromatic carbocycles. The summed E-state index contributed by atoms with van der Waals surface area (Å²) in [4.78, 5) is 0. The van der Waals surface area contributed by atoms with E-state index in [1.54, 1.807) is 0 Å². The molecule has 0 fully saturated rings. The van der Waals surface area contributed by atoms with Crippen molar-refractivity contribution < 1.29 is 21.5 Å². The van der Waals surface area contributed by atoms with Crippen LogP contribution in [0, 0.1) is 5.82 Å². The average Bonchev–Trinajstić information content (AvgIpc) is 2.02. The van der Waals surface area contributed by atoms with Gasteiger partial charge in [0.05, 0.1) is 6.61 Å². The van der Waals surface area contributed by atoms with E-state index < -0.39 is 16.2 Å². The molecule has 1 N–H and O–H groups in total. The van der Waals surface area contributed by atoms with Gasteiger partial charge in [0.25, 0.3) is 0 Å². The summed E-state index contributed by atoms with van der Waals surface area (Å²) < 4.78 is 44.9. The molecule has 0 heterocycles. The first-order valence-electron chi connectivity index (χ1n) is 3.34. The second-order valence-electron chi connectivity index (χ2n) is 2.32. The van der Waals surface area contributed by atoms with Crippen LogP contribution in [0.15, 0.2) is 24.3 Å². The van der Waals surface area contributed by atoms with E-state index in [2.05, 4.69) is 4.18 Å². The van der Waals surface area contributed by atoms with E-state index in [0.29, 0.717) is 5.56 Å². The summed E-state index contributed by atoms with van der Waals surface area (Å²) in [6, 6.07) is 5.06. The van der Waals surface area contributed by atoms with Crippen LogP contribution in [0.3, 0.4) is 0 Å². The van der Waals surface area contributed by atoms with Gasteiger partial charge in [-0.25, -0.2) is 8.57 Å². The fourth-order valence-electron chi connectivity index (χ4n) is 0.723. The number of hydrogen-bond donors (Lipinski definition) is 1. The zero-order chi connectivity index (χ0) is 9.90. The quantitative estimate of drug-likeness (QED) is 0.753. The molecular weight excluding hydrogens is 199 g/mol. The SMILES string of the molecule is O=S(=O)(O)OCc1ccc(F)cc1. The maximum absolute atomic E-state index is 12.4. The Morgan fingerprint density at radius 2 is 1.85 bits per heavy atom. The molecule has 0 radical (unpaired) electrons. The minimum Gasteiger partial charge on any atom is -0.264 e. The minimum absolute atomic E-state index is 0.306. The second kappa shape index (κ2) is 3.82. The van der Waals surface area contributed by atoms with E-state index in [0.717, 1.165) is 0 Å². The normalized spacial score (nSPS) is 11.5. The Bertz CT molecular complexity index is 370. The Balaban J connectivity index is 2.61. The summed E-state index contributed by atoms with van der Waals surface area (Å²) in [5.41, 5.74) is 0.457. The molecule has 0 saturated heterocycles. The van der Waals surface area contributed by atoms with E-state index in [9.17, 15) is 12.8 Å². The number of halogens is 1. The molecule has 0 spiro atoms. The summed E-state index contributed by atoms with van der Waals surface area (Å²) in [7, 11) is -4.43. The van der Waals surface area contributed by atoms with Crippen molar-refractivity contribution in [3.63, 3.8) is 0 Å². The summed E-state index contributed by atoms with van der Waals surface area (Å²) in [6.45, 7) is -0.306. The molecule has 0 unspecified atom stereocenters. The minimum atomic E-state index is -4.43. The highest BCUT2D eigenvalue weighted by Gasteiger charge is 2.04. The molecule has 0 atom stereocenters. The van der Waals surface area contributed by atoms with E-state index in [1.165, 1.54) is 24.3 Å². The molecule has 0 aromatic heterocycles. The highest BCUT2D eigenvalue weighted by atomic mass is 32.3. The standard InChI is InChI=1S/C7H7FO4S/c8-7-3-1-6(2-4-7)5-12-13(9,10)11/h1-4H,5H2,(H,9,10,11). The van der Waals surface area contributed by atoms with E-state index in [4.69, 9.17) is 4.55 Å². The van der Waals surface area contributed by atoms with Crippen molar-refractivity contribution in [3.8, 4) is 0 Å². The summed E-state index contributed by atoms with van der Waals surface area (Å²) >= 11 is 0. The molecule has 0 aliphatic carbocycles. The number of rotatable bonds is 3. The lowest BCUT2D eigenvalue weighted by Crippen LogP contribution is -2.03. The van der Waals surface area contributed by atoms with Gasteiger partial charge in [-0.05, 0) is 17.7 Å². The lowest BCUT2D eigenvalue weighted by molar-refractivity contribution is 0.259. The third kappa shape index (κ3) is 3.97. The Kier molecular flexibility index (Phi) is 2.97. The zero-order valence-electron chi connectivity index (χ0n) is 6.47. The van der Waals surface area contributed by atoms with Crippen LogP contribution in [0.5, 0.6) is 0 Å². The van der Waals surface area contributed by atoms with Crippen molar-refractivity contribution >= 4 is 10.4 Å². The van der Waals surface area contributed by atoms with Gasteiger partial charge in [-0.15, -0.1) is 0 Å². The number of hydrogen-bond acceptors (Lipinski definition) is 3. The van der Waals surface area contributed by atoms with Crippen molar-refractivity contribution in [1.82, 2.24) is 0 Å². The van der Waals surface area contributed by atoms with Crippen LogP contribution in [-0.2, 0) is 21.2 Å². The summed E-state index contributed by atoms with van der Waals surface area (Å²) in [5.74, 6) is -0.421. The molecule has 13 heavy (non-hydrogen) atoms. The third-order valence-electron chi connectivity index (χ3n) is 1.29. The van der Waals surface area contributed by atoms with Crippen LogP contribution < -0.4 is 0 Å². The van der Waals surface area contributed by atoms with Crippen LogP contribution in [0.4, 0.5) is 4.39 Å². The molecule has 72 valence electrons. The van der Waals surface area contributed by atoms with Gasteiger partial charge in [-0.2, -0.15) is 8.42 Å². The topological polar surface area (TPSA) is 63.6 Å². The van der Waals surface area contributed by atoms with Gasteiger partial charge < -0.3 is 0 Å². The fourth-order valence-corrected chi connectivity index (χ4v) is 1.01. The smallest absolute Gasteiger partial charge is 0.264 e. The lowest BCUT2D eigenvalue weighted by atomic mass is 10.2. The first-order valence-corrected chi connectivity index (χ1v) is 4.70. The van der Waals surface area contributed by atoms with Gasteiger partial charge in [0.2, 0.25) is 0 Å². The van der Waals surface area contributed by atoms with E-state index in [-0.39, 0.29) is 6.61 Å². The predicted molar refractivity (Wildman–Crippen MR) is 42.7 cm³/mol. The summed E-state index contributed by atoms with van der Waals surface area (Å²) in [5, 5.41) is 0. The first kappa shape index (κ1) is 10.1. The Morgan fingerprint density at radius 1 is 1.31 bits per heavy atom. The van der Waals surface area contributed by atoms with Gasteiger partial charge in [0.1, 0.15) is 5.82 Å². The van der Waals surface area contributed by atoms with Gasteiger partial charge in [0, 0.05) is 0 Å². The largest absolute Gasteiger partial charge is 0.397 e. The van der Waals surface area contributed by atoms with Crippen LogP contribution in [0.2, 0.25) is 0 Å².